The van der Waals surface area contributed by atoms with Gasteiger partial charge < -0.3 is 5.11 Å². The maximum atomic E-state index is 13.7. The zero-order valence-electron chi connectivity index (χ0n) is 17.8. The number of allylic oxidation sites excluding steroid dienone is 2. The number of carbonyl (C=O) groups is 1. The Bertz CT molecular complexity index is 1280. The van der Waals surface area contributed by atoms with Crippen molar-refractivity contribution in [2.45, 2.75) is 25.2 Å². The molecule has 0 amide bonds. The first-order valence-corrected chi connectivity index (χ1v) is 10.9. The fraction of sp³-hybridized carbons (Fsp3) is 0.148. The van der Waals surface area contributed by atoms with E-state index in [0.717, 1.165) is 11.3 Å². The van der Waals surface area contributed by atoms with Gasteiger partial charge in [0.05, 0.1) is 0 Å². The van der Waals surface area contributed by atoms with Crippen LogP contribution in [0.3, 0.4) is 0 Å². The number of rotatable bonds is 3. The van der Waals surface area contributed by atoms with Gasteiger partial charge in [0.1, 0.15) is 17.4 Å². The molecule has 0 spiro atoms. The summed E-state index contributed by atoms with van der Waals surface area (Å²) in [4.78, 5) is 19.2. The lowest BCUT2D eigenvalue weighted by Crippen LogP contribution is -2.42. The molecule has 1 aromatic heterocycles. The zero-order valence-corrected chi connectivity index (χ0v) is 17.8. The van der Waals surface area contributed by atoms with E-state index in [1.807, 2.05) is 24.3 Å². The summed E-state index contributed by atoms with van der Waals surface area (Å²) < 4.78 is 13.7. The summed E-state index contributed by atoms with van der Waals surface area (Å²) in [7, 11) is 0. The molecule has 2 aliphatic rings. The van der Waals surface area contributed by atoms with Gasteiger partial charge in [-0.3, -0.25) is 20.1 Å². The summed E-state index contributed by atoms with van der Waals surface area (Å²) >= 11 is 0. The lowest BCUT2D eigenvalue weighted by atomic mass is 9.74. The summed E-state index contributed by atoms with van der Waals surface area (Å²) in [5.74, 6) is -1.02. The molecule has 6 heteroatoms. The Balaban J connectivity index is 1.82. The first-order chi connectivity index (χ1) is 16.1. The highest BCUT2D eigenvalue weighted by Crippen LogP contribution is 2.47. The number of aromatic nitrogens is 1. The van der Waals surface area contributed by atoms with Gasteiger partial charge in [0.2, 0.25) is 0 Å². The molecule has 0 fully saturated rings. The smallest absolute Gasteiger partial charge is 0.161 e. The predicted molar refractivity (Wildman–Crippen MR) is 125 cm³/mol. The third-order valence-corrected chi connectivity index (χ3v) is 6.16. The summed E-state index contributed by atoms with van der Waals surface area (Å²) in [6.45, 7) is 0. The van der Waals surface area contributed by atoms with Crippen LogP contribution < -0.4 is 4.90 Å². The zero-order chi connectivity index (χ0) is 22.9. The molecule has 1 aliphatic carbocycles. The van der Waals surface area contributed by atoms with Gasteiger partial charge in [-0.2, -0.15) is 0 Å². The molecule has 164 valence electrons. The highest BCUT2D eigenvalue weighted by Gasteiger charge is 2.43. The van der Waals surface area contributed by atoms with Gasteiger partial charge in [0.15, 0.2) is 5.78 Å². The molecular weight excluding hydrogens is 417 g/mol. The van der Waals surface area contributed by atoms with Crippen molar-refractivity contribution < 1.29 is 14.3 Å². The second-order valence-corrected chi connectivity index (χ2v) is 8.15. The van der Waals surface area contributed by atoms with Gasteiger partial charge in [-0.15, -0.1) is 0 Å². The number of anilines is 1. The lowest BCUT2D eigenvalue weighted by molar-refractivity contribution is -0.116. The van der Waals surface area contributed by atoms with Crippen LogP contribution in [-0.4, -0.2) is 21.7 Å². The predicted octanol–water partition coefficient (Wildman–Crippen LogP) is 5.78. The maximum Gasteiger partial charge on any atom is 0.161 e. The van der Waals surface area contributed by atoms with E-state index in [2.05, 4.69) is 4.98 Å². The number of halogens is 1. The number of hydrogen-bond acceptors (Lipinski definition) is 4. The summed E-state index contributed by atoms with van der Waals surface area (Å²) in [5, 5.41) is 20.6. The molecule has 5 rings (SSSR count). The van der Waals surface area contributed by atoms with Crippen LogP contribution in [0.4, 0.5) is 10.1 Å². The van der Waals surface area contributed by atoms with Gasteiger partial charge in [0, 0.05) is 52.8 Å². The molecule has 0 saturated heterocycles. The van der Waals surface area contributed by atoms with Crippen LogP contribution >= 0.6 is 0 Å². The van der Waals surface area contributed by atoms with E-state index < -0.39 is 5.92 Å². The minimum absolute atomic E-state index is 0.0110. The Morgan fingerprint density at radius 3 is 2.48 bits per heavy atom. The molecule has 2 heterocycles. The molecule has 2 aromatic carbocycles. The van der Waals surface area contributed by atoms with Crippen LogP contribution in [0, 0.1) is 11.2 Å². The summed E-state index contributed by atoms with van der Waals surface area (Å²) in [6, 6.07) is 18.5. The van der Waals surface area contributed by atoms with E-state index in [1.165, 1.54) is 12.1 Å². The van der Waals surface area contributed by atoms with Crippen molar-refractivity contribution in [2.24, 2.45) is 0 Å². The Morgan fingerprint density at radius 1 is 1.03 bits per heavy atom. The van der Waals surface area contributed by atoms with Gasteiger partial charge in [-0.1, -0.05) is 36.4 Å². The highest BCUT2D eigenvalue weighted by atomic mass is 19.1. The number of pyridine rings is 1. The molecule has 3 aromatic rings. The van der Waals surface area contributed by atoms with Crippen LogP contribution in [0.1, 0.15) is 36.3 Å². The first-order valence-electron chi connectivity index (χ1n) is 10.9. The third kappa shape index (κ3) is 3.63. The van der Waals surface area contributed by atoms with Crippen molar-refractivity contribution in [3.63, 3.8) is 0 Å². The number of benzene rings is 2. The molecule has 0 saturated carbocycles. The Hall–Kier alpha value is -4.06. The number of nitrogens with one attached hydrogen (secondary N) is 1. The molecule has 5 nitrogen and oxygen atoms in total. The minimum Gasteiger partial charge on any atom is -0.507 e. The highest BCUT2D eigenvalue weighted by molar-refractivity contribution is 6.19. The van der Waals surface area contributed by atoms with Crippen LogP contribution in [0.25, 0.3) is 5.76 Å². The van der Waals surface area contributed by atoms with E-state index in [-0.39, 0.29) is 23.2 Å². The van der Waals surface area contributed by atoms with Gasteiger partial charge >= 0.3 is 0 Å². The van der Waals surface area contributed by atoms with Gasteiger partial charge in [-0.25, -0.2) is 4.39 Å². The van der Waals surface area contributed by atoms with Crippen LogP contribution in [0.2, 0.25) is 0 Å². The standard InChI is InChI=1S/C27H22FN3O2/c28-19-11-13-20(14-12-19)31-21-9-4-10-22(32)24(21)23(18-8-5-15-30-16-18)25(27(31)29)26(33)17-6-2-1-3-7-17/h1-3,5-8,11-16,23,29,33H,4,9-10H2. The molecule has 1 aliphatic heterocycles. The molecule has 1 unspecified atom stereocenters. The SMILES string of the molecule is N=C1C(=C(O)c2ccccc2)C(c2cccnc2)C2=C(CCCC2=O)N1c1ccc(F)cc1. The number of ketones is 1. The van der Waals surface area contributed by atoms with Crippen molar-refractivity contribution in [3.05, 3.63) is 113 Å². The van der Waals surface area contributed by atoms with E-state index in [9.17, 15) is 19.7 Å². The number of carbonyl (C=O) groups excluding carboxylic acids is 1. The van der Waals surface area contributed by atoms with Gasteiger partial charge in [0.25, 0.3) is 0 Å². The van der Waals surface area contributed by atoms with Crippen LogP contribution in [0.5, 0.6) is 0 Å². The number of hydrogen-bond donors (Lipinski definition) is 2. The first kappa shape index (κ1) is 20.8. The summed E-state index contributed by atoms with van der Waals surface area (Å²) in [5.41, 5.74) is 3.48. The Morgan fingerprint density at radius 2 is 1.79 bits per heavy atom. The quantitative estimate of drug-likeness (QED) is 0.507. The molecule has 1 atom stereocenters. The average Bonchev–Trinajstić information content (AvgIpc) is 2.85. The van der Waals surface area contributed by atoms with Crippen LogP contribution in [-0.2, 0) is 4.79 Å². The third-order valence-electron chi connectivity index (χ3n) is 6.16. The fourth-order valence-electron chi connectivity index (χ4n) is 4.70. The van der Waals surface area contributed by atoms with Crippen molar-refractivity contribution in [1.82, 2.24) is 4.98 Å². The second kappa shape index (κ2) is 8.47. The van der Waals surface area contributed by atoms with E-state index in [4.69, 9.17) is 0 Å². The minimum atomic E-state index is -0.620. The molecular formula is C27H22FN3O2. The Labute approximate surface area is 191 Å². The normalized spacial score (nSPS) is 20.0. The van der Waals surface area contributed by atoms with Crippen LogP contribution in [0.15, 0.2) is 96.0 Å². The molecule has 2 N–H and O–H groups in total. The molecule has 0 bridgehead atoms. The number of aliphatic hydroxyl groups is 1. The maximum absolute atomic E-state index is 13.7. The van der Waals surface area contributed by atoms with Gasteiger partial charge in [-0.05, 0) is 48.7 Å². The lowest BCUT2D eigenvalue weighted by Gasteiger charge is -2.41. The van der Waals surface area contributed by atoms with E-state index in [1.54, 1.807) is 47.6 Å². The van der Waals surface area contributed by atoms with E-state index >= 15 is 0 Å². The number of Topliss-reactive ketones (excluding diaryl/α,β-unsaturated/α-hetero) is 1. The summed E-state index contributed by atoms with van der Waals surface area (Å²) in [6.07, 6.45) is 5.01. The number of amidine groups is 1. The largest absolute Gasteiger partial charge is 0.507 e. The van der Waals surface area contributed by atoms with Crippen molar-refractivity contribution >= 4 is 23.1 Å². The Kier molecular flexibility index (Phi) is 5.34. The average molecular weight is 439 g/mol. The topological polar surface area (TPSA) is 77.3 Å². The van der Waals surface area contributed by atoms with Crippen molar-refractivity contribution in [2.75, 3.05) is 4.90 Å². The molecule has 33 heavy (non-hydrogen) atoms. The monoisotopic (exact) mass is 439 g/mol. The molecule has 0 radical (unpaired) electrons. The van der Waals surface area contributed by atoms with Crippen molar-refractivity contribution in [3.8, 4) is 0 Å². The fourth-order valence-corrected chi connectivity index (χ4v) is 4.70. The second-order valence-electron chi connectivity index (χ2n) is 8.15. The number of nitrogens with zero attached hydrogens (tertiary/aromatic N) is 2. The van der Waals surface area contributed by atoms with Crippen molar-refractivity contribution in [1.29, 1.82) is 5.41 Å². The number of aliphatic hydroxyl groups excluding tert-OH is 1. The van der Waals surface area contributed by atoms with E-state index in [0.29, 0.717) is 41.7 Å².